The van der Waals surface area contributed by atoms with E-state index < -0.39 is 6.04 Å². The van der Waals surface area contributed by atoms with Crippen molar-refractivity contribution in [2.45, 2.75) is 51.5 Å². The van der Waals surface area contributed by atoms with Crippen molar-refractivity contribution in [3.8, 4) is 0 Å². The fourth-order valence-electron chi connectivity index (χ4n) is 4.06. The summed E-state index contributed by atoms with van der Waals surface area (Å²) in [5, 5.41) is 0. The van der Waals surface area contributed by atoms with E-state index in [-0.39, 0.29) is 24.2 Å². The number of carbonyl (C=O) groups excluding carboxylic acids is 2. The number of nitrogens with zero attached hydrogens (tertiary/aromatic N) is 2. The van der Waals surface area contributed by atoms with Crippen molar-refractivity contribution in [3.63, 3.8) is 0 Å². The van der Waals surface area contributed by atoms with Crippen LogP contribution in [0.5, 0.6) is 0 Å². The van der Waals surface area contributed by atoms with E-state index >= 15 is 0 Å². The van der Waals surface area contributed by atoms with Gasteiger partial charge in [0.2, 0.25) is 11.8 Å². The molecule has 150 valence electrons. The van der Waals surface area contributed by atoms with Gasteiger partial charge in [-0.25, -0.2) is 0 Å². The maximum Gasteiger partial charge on any atom is 0.244 e. The van der Waals surface area contributed by atoms with Crippen molar-refractivity contribution in [2.75, 3.05) is 26.2 Å². The molecule has 1 unspecified atom stereocenters. The van der Waals surface area contributed by atoms with E-state index in [0.717, 1.165) is 11.1 Å². The second kappa shape index (κ2) is 10.1. The fourth-order valence-corrected chi connectivity index (χ4v) is 4.06. The molecular formula is C21H32ClN3O2. The summed E-state index contributed by atoms with van der Waals surface area (Å²) in [6.45, 7) is 4.42. The molecule has 0 bridgehead atoms. The smallest absolute Gasteiger partial charge is 0.244 e. The van der Waals surface area contributed by atoms with E-state index in [1.165, 1.54) is 32.1 Å². The van der Waals surface area contributed by atoms with Crippen molar-refractivity contribution < 1.29 is 9.59 Å². The quantitative estimate of drug-likeness (QED) is 0.854. The molecule has 0 radical (unpaired) electrons. The maximum atomic E-state index is 12.7. The number of amides is 2. The van der Waals surface area contributed by atoms with E-state index in [9.17, 15) is 9.59 Å². The van der Waals surface area contributed by atoms with Gasteiger partial charge in [-0.1, -0.05) is 49.1 Å². The predicted octanol–water partition coefficient (Wildman–Crippen LogP) is 3.06. The molecule has 1 aromatic rings. The van der Waals surface area contributed by atoms with Gasteiger partial charge < -0.3 is 15.5 Å². The molecule has 3 rings (SSSR count). The normalized spacial score (nSPS) is 19.3. The van der Waals surface area contributed by atoms with E-state index in [0.29, 0.717) is 38.5 Å². The summed E-state index contributed by atoms with van der Waals surface area (Å²) >= 11 is 0. The number of halogens is 1. The number of nitrogens with two attached hydrogens (primary N) is 1. The Hall–Kier alpha value is -1.59. The standard InChI is InChI=1S/C21H31N3O2.ClH/c1-16-7-9-18(10-8-16)20(22)21(26)24-13-11-23(12-14-24)19(25)15-17-5-3-2-4-6-17;/h7-10,17,20H,2-6,11-15,22H2,1H3;1H. The Morgan fingerprint density at radius 2 is 1.56 bits per heavy atom. The first-order valence-electron chi connectivity index (χ1n) is 9.93. The summed E-state index contributed by atoms with van der Waals surface area (Å²) in [6, 6.07) is 7.17. The topological polar surface area (TPSA) is 66.6 Å². The molecule has 2 aliphatic rings. The van der Waals surface area contributed by atoms with Gasteiger partial charge in [0.25, 0.3) is 0 Å². The lowest BCUT2D eigenvalue weighted by Gasteiger charge is -2.36. The zero-order valence-corrected chi connectivity index (χ0v) is 17.0. The molecule has 2 amide bonds. The molecule has 0 aromatic heterocycles. The second-order valence-electron chi connectivity index (χ2n) is 7.80. The molecule has 2 N–H and O–H groups in total. The predicted molar refractivity (Wildman–Crippen MR) is 110 cm³/mol. The zero-order valence-electron chi connectivity index (χ0n) is 16.2. The molecule has 0 spiro atoms. The first-order valence-corrected chi connectivity index (χ1v) is 9.93. The SMILES string of the molecule is Cc1ccc(C(N)C(=O)N2CCN(C(=O)CC3CCCCC3)CC2)cc1.Cl. The maximum absolute atomic E-state index is 12.7. The second-order valence-corrected chi connectivity index (χ2v) is 7.80. The highest BCUT2D eigenvalue weighted by molar-refractivity contribution is 5.85. The molecule has 1 atom stereocenters. The van der Waals surface area contributed by atoms with Gasteiger partial charge in [-0.2, -0.15) is 0 Å². The van der Waals surface area contributed by atoms with Gasteiger partial charge in [-0.3, -0.25) is 9.59 Å². The van der Waals surface area contributed by atoms with Crippen LogP contribution in [0.3, 0.4) is 0 Å². The molecule has 2 fully saturated rings. The minimum atomic E-state index is -0.625. The van der Waals surface area contributed by atoms with Crippen LogP contribution in [0.15, 0.2) is 24.3 Å². The first kappa shape index (κ1) is 21.7. The number of benzene rings is 1. The van der Waals surface area contributed by atoms with Gasteiger partial charge in [0.1, 0.15) is 6.04 Å². The highest BCUT2D eigenvalue weighted by Gasteiger charge is 2.29. The molecular weight excluding hydrogens is 362 g/mol. The van der Waals surface area contributed by atoms with Crippen LogP contribution in [-0.2, 0) is 9.59 Å². The Labute approximate surface area is 168 Å². The first-order chi connectivity index (χ1) is 12.5. The Bertz CT molecular complexity index is 621. The van der Waals surface area contributed by atoms with Gasteiger partial charge in [-0.15, -0.1) is 12.4 Å². The third-order valence-electron chi connectivity index (χ3n) is 5.83. The molecule has 1 heterocycles. The van der Waals surface area contributed by atoms with Gasteiger partial charge in [0, 0.05) is 32.6 Å². The number of aryl methyl sites for hydroxylation is 1. The van der Waals surface area contributed by atoms with Gasteiger partial charge in [0.05, 0.1) is 0 Å². The minimum absolute atomic E-state index is 0. The summed E-state index contributed by atoms with van der Waals surface area (Å²) in [5.74, 6) is 0.769. The van der Waals surface area contributed by atoms with Crippen LogP contribution in [0.2, 0.25) is 0 Å². The van der Waals surface area contributed by atoms with Gasteiger partial charge >= 0.3 is 0 Å². The van der Waals surface area contributed by atoms with E-state index in [1.807, 2.05) is 36.1 Å². The molecule has 1 saturated heterocycles. The Morgan fingerprint density at radius 1 is 1.00 bits per heavy atom. The van der Waals surface area contributed by atoms with Crippen LogP contribution >= 0.6 is 12.4 Å². The third-order valence-corrected chi connectivity index (χ3v) is 5.83. The highest BCUT2D eigenvalue weighted by atomic mass is 35.5. The summed E-state index contributed by atoms with van der Waals surface area (Å²) < 4.78 is 0. The Morgan fingerprint density at radius 3 is 2.15 bits per heavy atom. The van der Waals surface area contributed by atoms with Crippen molar-refractivity contribution >= 4 is 24.2 Å². The Kier molecular flexibility index (Phi) is 8.11. The summed E-state index contributed by atoms with van der Waals surface area (Å²) in [6.07, 6.45) is 6.89. The largest absolute Gasteiger partial charge is 0.339 e. The van der Waals surface area contributed by atoms with Crippen molar-refractivity contribution in [1.82, 2.24) is 9.80 Å². The lowest BCUT2D eigenvalue weighted by Crippen LogP contribution is -2.52. The van der Waals surface area contributed by atoms with Crippen LogP contribution in [0.1, 0.15) is 55.7 Å². The van der Waals surface area contributed by atoms with Crippen LogP contribution in [-0.4, -0.2) is 47.8 Å². The number of piperazine rings is 1. The van der Waals surface area contributed by atoms with E-state index in [2.05, 4.69) is 0 Å². The number of hydrogen-bond acceptors (Lipinski definition) is 3. The van der Waals surface area contributed by atoms with E-state index in [1.54, 1.807) is 4.90 Å². The number of carbonyl (C=O) groups is 2. The van der Waals surface area contributed by atoms with E-state index in [4.69, 9.17) is 5.73 Å². The summed E-state index contributed by atoms with van der Waals surface area (Å²) in [4.78, 5) is 28.9. The minimum Gasteiger partial charge on any atom is -0.339 e. The third kappa shape index (κ3) is 5.69. The Balaban J connectivity index is 0.00000261. The summed E-state index contributed by atoms with van der Waals surface area (Å²) in [7, 11) is 0. The lowest BCUT2D eigenvalue weighted by molar-refractivity contribution is -0.141. The van der Waals surface area contributed by atoms with Gasteiger partial charge in [0.15, 0.2) is 0 Å². The molecule has 6 heteroatoms. The van der Waals surface area contributed by atoms with Crippen molar-refractivity contribution in [3.05, 3.63) is 35.4 Å². The molecule has 27 heavy (non-hydrogen) atoms. The summed E-state index contributed by atoms with van der Waals surface area (Å²) in [5.41, 5.74) is 8.16. The van der Waals surface area contributed by atoms with Crippen LogP contribution in [0, 0.1) is 12.8 Å². The average molecular weight is 394 g/mol. The molecule has 1 saturated carbocycles. The van der Waals surface area contributed by atoms with Gasteiger partial charge in [-0.05, 0) is 31.2 Å². The molecule has 1 aromatic carbocycles. The highest BCUT2D eigenvalue weighted by Crippen LogP contribution is 2.27. The zero-order chi connectivity index (χ0) is 18.5. The lowest BCUT2D eigenvalue weighted by atomic mass is 9.86. The fraction of sp³-hybridized carbons (Fsp3) is 0.619. The number of hydrogen-bond donors (Lipinski definition) is 1. The van der Waals surface area contributed by atoms with Crippen LogP contribution < -0.4 is 5.73 Å². The van der Waals surface area contributed by atoms with Crippen molar-refractivity contribution in [2.24, 2.45) is 11.7 Å². The molecule has 1 aliphatic carbocycles. The monoisotopic (exact) mass is 393 g/mol. The number of rotatable bonds is 4. The molecule has 1 aliphatic heterocycles. The molecule has 5 nitrogen and oxygen atoms in total. The average Bonchev–Trinajstić information content (AvgIpc) is 2.68. The van der Waals surface area contributed by atoms with Crippen molar-refractivity contribution in [1.29, 1.82) is 0 Å². The van der Waals surface area contributed by atoms with Crippen LogP contribution in [0.4, 0.5) is 0 Å². The van der Waals surface area contributed by atoms with Crippen LogP contribution in [0.25, 0.3) is 0 Å².